The maximum absolute atomic E-state index is 12.4. The van der Waals surface area contributed by atoms with Gasteiger partial charge in [0.25, 0.3) is 5.91 Å². The summed E-state index contributed by atoms with van der Waals surface area (Å²) in [7, 11) is 0. The molecular formula is C20H25N3O. The van der Waals surface area contributed by atoms with Gasteiger partial charge in [0.15, 0.2) is 0 Å². The van der Waals surface area contributed by atoms with E-state index >= 15 is 0 Å². The van der Waals surface area contributed by atoms with Crippen molar-refractivity contribution in [1.29, 1.82) is 0 Å². The Morgan fingerprint density at radius 1 is 1.08 bits per heavy atom. The molecule has 1 aromatic carbocycles. The van der Waals surface area contributed by atoms with Crippen LogP contribution in [0.3, 0.4) is 0 Å². The number of aryl methyl sites for hydroxylation is 1. The van der Waals surface area contributed by atoms with Crippen LogP contribution in [0.5, 0.6) is 0 Å². The van der Waals surface area contributed by atoms with Crippen molar-refractivity contribution in [2.45, 2.75) is 39.2 Å². The van der Waals surface area contributed by atoms with Crippen molar-refractivity contribution in [2.24, 2.45) is 0 Å². The molecule has 2 heterocycles. The van der Waals surface area contributed by atoms with Crippen LogP contribution in [0.4, 0.5) is 5.69 Å². The molecule has 0 spiro atoms. The zero-order chi connectivity index (χ0) is 16.8. The minimum absolute atomic E-state index is 0.118. The maximum Gasteiger partial charge on any atom is 0.270 e. The number of nitrogens with zero attached hydrogens (tertiary/aromatic N) is 2. The summed E-state index contributed by atoms with van der Waals surface area (Å²) in [6.45, 7) is 4.71. The van der Waals surface area contributed by atoms with Crippen LogP contribution in [0.1, 0.15) is 47.3 Å². The lowest BCUT2D eigenvalue weighted by Crippen LogP contribution is -2.26. The van der Waals surface area contributed by atoms with Gasteiger partial charge in [-0.2, -0.15) is 0 Å². The Morgan fingerprint density at radius 2 is 1.79 bits per heavy atom. The minimum atomic E-state index is -0.118. The first-order valence-electron chi connectivity index (χ1n) is 8.77. The lowest BCUT2D eigenvalue weighted by molar-refractivity contribution is 0.0946. The second-order valence-corrected chi connectivity index (χ2v) is 6.47. The van der Waals surface area contributed by atoms with Crippen molar-refractivity contribution in [3.63, 3.8) is 0 Å². The predicted molar refractivity (Wildman–Crippen MR) is 97.3 cm³/mol. The number of pyridine rings is 1. The molecule has 0 atom stereocenters. The molecule has 1 aliphatic rings. The molecule has 24 heavy (non-hydrogen) atoms. The normalized spacial score (nSPS) is 15.0. The number of anilines is 1. The number of hydrogen-bond acceptors (Lipinski definition) is 3. The molecule has 3 rings (SSSR count). The SMILES string of the molecule is Cc1ccc(CNC(=O)c2cc(N3CCCCCC3)ccn2)cc1. The van der Waals surface area contributed by atoms with E-state index in [1.54, 1.807) is 6.20 Å². The fourth-order valence-electron chi connectivity index (χ4n) is 3.05. The van der Waals surface area contributed by atoms with E-state index in [4.69, 9.17) is 0 Å². The third-order valence-electron chi connectivity index (χ3n) is 4.52. The van der Waals surface area contributed by atoms with Gasteiger partial charge in [0.2, 0.25) is 0 Å². The van der Waals surface area contributed by atoms with Crippen molar-refractivity contribution in [1.82, 2.24) is 10.3 Å². The van der Waals surface area contributed by atoms with E-state index in [9.17, 15) is 4.79 Å². The second-order valence-electron chi connectivity index (χ2n) is 6.47. The number of aromatic nitrogens is 1. The molecule has 0 bridgehead atoms. The first-order valence-corrected chi connectivity index (χ1v) is 8.77. The van der Waals surface area contributed by atoms with E-state index in [0.29, 0.717) is 12.2 Å². The van der Waals surface area contributed by atoms with E-state index in [2.05, 4.69) is 34.3 Å². The van der Waals surface area contributed by atoms with Gasteiger partial charge in [-0.15, -0.1) is 0 Å². The van der Waals surface area contributed by atoms with Crippen LogP contribution in [-0.4, -0.2) is 24.0 Å². The summed E-state index contributed by atoms with van der Waals surface area (Å²) < 4.78 is 0. The lowest BCUT2D eigenvalue weighted by atomic mass is 10.1. The van der Waals surface area contributed by atoms with Crippen LogP contribution in [0.25, 0.3) is 0 Å². The van der Waals surface area contributed by atoms with Gasteiger partial charge in [0.1, 0.15) is 5.69 Å². The summed E-state index contributed by atoms with van der Waals surface area (Å²) in [4.78, 5) is 19.0. The first kappa shape index (κ1) is 16.5. The Hall–Kier alpha value is -2.36. The molecule has 0 aliphatic carbocycles. The lowest BCUT2D eigenvalue weighted by Gasteiger charge is -2.22. The van der Waals surface area contributed by atoms with E-state index in [-0.39, 0.29) is 5.91 Å². The number of hydrogen-bond donors (Lipinski definition) is 1. The third kappa shape index (κ3) is 4.34. The number of carbonyl (C=O) groups excluding carboxylic acids is 1. The zero-order valence-corrected chi connectivity index (χ0v) is 14.3. The highest BCUT2D eigenvalue weighted by Gasteiger charge is 2.13. The van der Waals surface area contributed by atoms with E-state index in [1.165, 1.54) is 31.2 Å². The Bertz CT molecular complexity index is 674. The monoisotopic (exact) mass is 323 g/mol. The summed E-state index contributed by atoms with van der Waals surface area (Å²) in [5.74, 6) is -0.118. The first-order chi connectivity index (χ1) is 11.7. The second kappa shape index (κ2) is 7.95. The molecule has 2 aromatic rings. The topological polar surface area (TPSA) is 45.2 Å². The smallest absolute Gasteiger partial charge is 0.270 e. The molecule has 1 saturated heterocycles. The van der Waals surface area contributed by atoms with Gasteiger partial charge in [-0.25, -0.2) is 0 Å². The number of rotatable bonds is 4. The Kier molecular flexibility index (Phi) is 5.47. The highest BCUT2D eigenvalue weighted by atomic mass is 16.1. The average Bonchev–Trinajstić information content (AvgIpc) is 2.90. The molecule has 0 radical (unpaired) electrons. The number of carbonyl (C=O) groups is 1. The standard InChI is InChI=1S/C20H25N3O/c1-16-6-8-17(9-7-16)15-22-20(24)19-14-18(10-11-21-19)23-12-4-2-3-5-13-23/h6-11,14H,2-5,12-13,15H2,1H3,(H,22,24). The van der Waals surface area contributed by atoms with Crippen molar-refractivity contribution < 1.29 is 4.79 Å². The molecule has 1 N–H and O–H groups in total. The molecule has 0 saturated carbocycles. The van der Waals surface area contributed by atoms with E-state index < -0.39 is 0 Å². The van der Waals surface area contributed by atoms with Crippen LogP contribution in [0, 0.1) is 6.92 Å². The summed E-state index contributed by atoms with van der Waals surface area (Å²) in [6.07, 6.45) is 6.77. The van der Waals surface area contributed by atoms with Gasteiger partial charge in [-0.1, -0.05) is 42.7 Å². The van der Waals surface area contributed by atoms with Crippen molar-refractivity contribution in [2.75, 3.05) is 18.0 Å². The predicted octanol–water partition coefficient (Wildman–Crippen LogP) is 3.70. The molecule has 1 aliphatic heterocycles. The maximum atomic E-state index is 12.4. The van der Waals surface area contributed by atoms with E-state index in [0.717, 1.165) is 24.3 Å². The molecule has 1 amide bonds. The molecule has 126 valence electrons. The third-order valence-corrected chi connectivity index (χ3v) is 4.52. The highest BCUT2D eigenvalue weighted by Crippen LogP contribution is 2.19. The summed E-state index contributed by atoms with van der Waals surface area (Å²) >= 11 is 0. The van der Waals surface area contributed by atoms with Gasteiger partial charge >= 0.3 is 0 Å². The largest absolute Gasteiger partial charge is 0.371 e. The number of nitrogens with one attached hydrogen (secondary N) is 1. The Morgan fingerprint density at radius 3 is 2.50 bits per heavy atom. The van der Waals surface area contributed by atoms with Crippen molar-refractivity contribution in [3.05, 3.63) is 59.4 Å². The van der Waals surface area contributed by atoms with Crippen LogP contribution < -0.4 is 10.2 Å². The molecule has 4 nitrogen and oxygen atoms in total. The van der Waals surface area contributed by atoms with Crippen LogP contribution in [0.15, 0.2) is 42.6 Å². The molecular weight excluding hydrogens is 298 g/mol. The fourth-order valence-corrected chi connectivity index (χ4v) is 3.05. The molecule has 1 aromatic heterocycles. The summed E-state index contributed by atoms with van der Waals surface area (Å²) in [6, 6.07) is 12.1. The molecule has 1 fully saturated rings. The Balaban J connectivity index is 1.64. The van der Waals surface area contributed by atoms with Crippen molar-refractivity contribution >= 4 is 11.6 Å². The van der Waals surface area contributed by atoms with Gasteiger partial charge in [0.05, 0.1) is 0 Å². The van der Waals surface area contributed by atoms with Crippen LogP contribution in [-0.2, 0) is 6.54 Å². The highest BCUT2D eigenvalue weighted by molar-refractivity contribution is 5.93. The fraction of sp³-hybridized carbons (Fsp3) is 0.400. The quantitative estimate of drug-likeness (QED) is 0.933. The number of benzene rings is 1. The van der Waals surface area contributed by atoms with Crippen molar-refractivity contribution in [3.8, 4) is 0 Å². The van der Waals surface area contributed by atoms with Gasteiger partial charge in [-0.3, -0.25) is 9.78 Å². The molecule has 0 unspecified atom stereocenters. The number of amides is 1. The van der Waals surface area contributed by atoms with Crippen LogP contribution in [0.2, 0.25) is 0 Å². The minimum Gasteiger partial charge on any atom is -0.371 e. The van der Waals surface area contributed by atoms with Gasteiger partial charge in [0, 0.05) is 31.5 Å². The molecule has 4 heteroatoms. The van der Waals surface area contributed by atoms with Crippen LogP contribution >= 0.6 is 0 Å². The van der Waals surface area contributed by atoms with Gasteiger partial charge in [-0.05, 0) is 37.5 Å². The van der Waals surface area contributed by atoms with E-state index in [1.807, 2.05) is 24.3 Å². The average molecular weight is 323 g/mol. The zero-order valence-electron chi connectivity index (χ0n) is 14.3. The Labute approximate surface area is 143 Å². The summed E-state index contributed by atoms with van der Waals surface area (Å²) in [5, 5.41) is 2.96. The summed E-state index contributed by atoms with van der Waals surface area (Å²) in [5.41, 5.74) is 3.91. The van der Waals surface area contributed by atoms with Gasteiger partial charge < -0.3 is 10.2 Å².